The minimum absolute atomic E-state index is 0.0161. The number of carbonyl (C=O) groups is 1. The van der Waals surface area contributed by atoms with Crippen molar-refractivity contribution in [3.8, 4) is 5.75 Å². The lowest BCUT2D eigenvalue weighted by atomic mass is 9.99. The first-order chi connectivity index (χ1) is 14.8. The number of imidazole rings is 1. The number of piperidine rings is 1. The molecule has 3 heterocycles. The molecule has 0 radical (unpaired) electrons. The van der Waals surface area contributed by atoms with Gasteiger partial charge < -0.3 is 14.6 Å². The van der Waals surface area contributed by atoms with Gasteiger partial charge in [-0.1, -0.05) is 11.3 Å². The average molecular weight is 464 g/mol. The smallest absolute Gasteiger partial charge is 0.262 e. The van der Waals surface area contributed by atoms with E-state index in [2.05, 4.69) is 15.3 Å². The number of rotatable bonds is 6. The molecule has 1 saturated heterocycles. The predicted octanol–water partition coefficient (Wildman–Crippen LogP) is 3.12. The molecule has 1 fully saturated rings. The number of aromatic nitrogens is 3. The quantitative estimate of drug-likeness (QED) is 0.602. The number of ether oxygens (including phenoxy) is 1. The third-order valence-corrected chi connectivity index (χ3v) is 8.04. The largest absolute Gasteiger partial charge is 0.497 e. The lowest BCUT2D eigenvalue weighted by Crippen LogP contribution is -2.43. The van der Waals surface area contributed by atoms with Crippen LogP contribution in [0.4, 0.5) is 5.13 Å². The third kappa shape index (κ3) is 4.43. The second kappa shape index (κ2) is 8.56. The highest BCUT2D eigenvalue weighted by Crippen LogP contribution is 2.30. The minimum Gasteiger partial charge on any atom is -0.497 e. The van der Waals surface area contributed by atoms with Gasteiger partial charge in [-0.3, -0.25) is 4.79 Å². The van der Waals surface area contributed by atoms with E-state index in [9.17, 15) is 13.2 Å². The minimum atomic E-state index is -3.75. The van der Waals surface area contributed by atoms with E-state index in [0.717, 1.165) is 16.0 Å². The van der Waals surface area contributed by atoms with Gasteiger partial charge in [0.1, 0.15) is 5.75 Å². The van der Waals surface area contributed by atoms with Gasteiger partial charge in [0.05, 0.1) is 29.6 Å². The number of sulfonamides is 1. The fourth-order valence-electron chi connectivity index (χ4n) is 3.53. The van der Waals surface area contributed by atoms with Gasteiger partial charge in [-0.2, -0.15) is 4.31 Å². The number of nitrogens with one attached hydrogen (secondary N) is 1. The Labute approximate surface area is 185 Å². The van der Waals surface area contributed by atoms with Crippen LogP contribution in [0, 0.1) is 5.92 Å². The molecular formula is C20H25N5O4S2. The molecule has 31 heavy (non-hydrogen) atoms. The fraction of sp³-hybridized carbons (Fsp3) is 0.450. The van der Waals surface area contributed by atoms with Gasteiger partial charge in [-0.05, 0) is 44.9 Å². The Kier molecular flexibility index (Phi) is 6.00. The second-order valence-corrected chi connectivity index (χ2v) is 10.7. The maximum absolute atomic E-state index is 13.0. The van der Waals surface area contributed by atoms with Crippen molar-refractivity contribution in [3.05, 3.63) is 30.7 Å². The molecule has 166 valence electrons. The average Bonchev–Trinajstić information content (AvgIpc) is 3.40. The summed E-state index contributed by atoms with van der Waals surface area (Å²) in [6.45, 7) is 4.41. The number of hydrogen-bond acceptors (Lipinski definition) is 7. The summed E-state index contributed by atoms with van der Waals surface area (Å²) in [6.07, 6.45) is 4.29. The molecule has 0 spiro atoms. The molecule has 1 N–H and O–H groups in total. The van der Waals surface area contributed by atoms with Gasteiger partial charge >= 0.3 is 0 Å². The van der Waals surface area contributed by atoms with Gasteiger partial charge in [0, 0.05) is 25.3 Å². The highest BCUT2D eigenvalue weighted by atomic mass is 32.2. The van der Waals surface area contributed by atoms with Crippen molar-refractivity contribution in [2.45, 2.75) is 37.8 Å². The molecule has 0 bridgehead atoms. The van der Waals surface area contributed by atoms with Crippen molar-refractivity contribution < 1.29 is 17.9 Å². The van der Waals surface area contributed by atoms with Crippen LogP contribution in [0.3, 0.4) is 0 Å². The molecule has 1 atom stereocenters. The number of fused-ring (bicyclic) bond motifs is 1. The maximum Gasteiger partial charge on any atom is 0.262 e. The van der Waals surface area contributed by atoms with Crippen molar-refractivity contribution in [1.29, 1.82) is 0 Å². The number of thiazole rings is 1. The van der Waals surface area contributed by atoms with E-state index < -0.39 is 15.9 Å². The molecule has 0 aliphatic carbocycles. The molecule has 1 aliphatic heterocycles. The summed E-state index contributed by atoms with van der Waals surface area (Å²) in [7, 11) is -2.15. The second-order valence-electron chi connectivity index (χ2n) is 7.80. The number of methoxy groups -OCH3 is 1. The van der Waals surface area contributed by atoms with Crippen LogP contribution in [0.2, 0.25) is 0 Å². The Bertz CT molecular complexity index is 1200. The van der Waals surface area contributed by atoms with Crippen LogP contribution in [0.25, 0.3) is 10.2 Å². The summed E-state index contributed by atoms with van der Waals surface area (Å²) in [4.78, 5) is 21.4. The SMILES string of the molecule is COc1ccc2nc(NC(=O)[C@H]3CCCN(S(=O)(=O)c4cn(C(C)C)cn4)C3)sc2c1. The van der Waals surface area contributed by atoms with Crippen LogP contribution in [0.15, 0.2) is 35.7 Å². The van der Waals surface area contributed by atoms with Crippen LogP contribution >= 0.6 is 11.3 Å². The molecule has 2 aromatic heterocycles. The summed E-state index contributed by atoms with van der Waals surface area (Å²) >= 11 is 1.36. The van der Waals surface area contributed by atoms with E-state index in [1.807, 2.05) is 32.0 Å². The highest BCUT2D eigenvalue weighted by Gasteiger charge is 2.34. The number of amides is 1. The predicted molar refractivity (Wildman–Crippen MR) is 119 cm³/mol. The Morgan fingerprint density at radius 2 is 2.16 bits per heavy atom. The van der Waals surface area contributed by atoms with Crippen molar-refractivity contribution in [3.63, 3.8) is 0 Å². The third-order valence-electron chi connectivity index (χ3n) is 5.36. The highest BCUT2D eigenvalue weighted by molar-refractivity contribution is 7.89. The van der Waals surface area contributed by atoms with Crippen molar-refractivity contribution in [2.75, 3.05) is 25.5 Å². The topological polar surface area (TPSA) is 106 Å². The van der Waals surface area contributed by atoms with Gasteiger partial charge in [-0.15, -0.1) is 0 Å². The van der Waals surface area contributed by atoms with E-state index in [-0.39, 0.29) is 23.5 Å². The molecule has 9 nitrogen and oxygen atoms in total. The van der Waals surface area contributed by atoms with Crippen LogP contribution in [0.1, 0.15) is 32.7 Å². The zero-order valence-corrected chi connectivity index (χ0v) is 19.2. The number of nitrogens with zero attached hydrogens (tertiary/aromatic N) is 4. The summed E-state index contributed by atoms with van der Waals surface area (Å²) in [5.74, 6) is 0.0537. The molecule has 1 amide bonds. The van der Waals surface area contributed by atoms with Gasteiger partial charge in [0.2, 0.25) is 5.91 Å². The lowest BCUT2D eigenvalue weighted by Gasteiger charge is -2.30. The van der Waals surface area contributed by atoms with Gasteiger partial charge in [-0.25, -0.2) is 18.4 Å². The van der Waals surface area contributed by atoms with Crippen LogP contribution < -0.4 is 10.1 Å². The molecule has 0 saturated carbocycles. The maximum atomic E-state index is 13.0. The van der Waals surface area contributed by atoms with Gasteiger partial charge in [0.25, 0.3) is 10.0 Å². The molecular weight excluding hydrogens is 438 g/mol. The normalized spacial score (nSPS) is 17.9. The monoisotopic (exact) mass is 463 g/mol. The Balaban J connectivity index is 1.47. The fourth-order valence-corrected chi connectivity index (χ4v) is 5.88. The Morgan fingerprint density at radius 1 is 1.35 bits per heavy atom. The van der Waals surface area contributed by atoms with E-state index in [0.29, 0.717) is 24.5 Å². The zero-order valence-electron chi connectivity index (χ0n) is 17.6. The first-order valence-corrected chi connectivity index (χ1v) is 12.3. The van der Waals surface area contributed by atoms with Crippen LogP contribution in [0.5, 0.6) is 5.75 Å². The number of benzene rings is 1. The van der Waals surface area contributed by atoms with E-state index in [4.69, 9.17) is 4.74 Å². The van der Waals surface area contributed by atoms with Gasteiger partial charge in [0.15, 0.2) is 10.2 Å². The Hall–Kier alpha value is -2.50. The van der Waals surface area contributed by atoms with E-state index in [1.54, 1.807) is 17.9 Å². The summed E-state index contributed by atoms with van der Waals surface area (Å²) in [5.41, 5.74) is 0.773. The molecule has 0 unspecified atom stereocenters. The standard InChI is InChI=1S/C20H25N5O4S2/c1-13(2)24-11-18(21-12-24)31(27,28)25-8-4-5-14(10-25)19(26)23-20-22-16-7-6-15(29-3)9-17(16)30-20/h6-7,9,11-14H,4-5,8,10H2,1-3H3,(H,22,23,26)/t14-/m0/s1. The summed E-state index contributed by atoms with van der Waals surface area (Å²) in [5, 5.41) is 3.36. The zero-order chi connectivity index (χ0) is 22.2. The molecule has 1 aromatic carbocycles. The van der Waals surface area contributed by atoms with Crippen molar-refractivity contribution >= 4 is 42.6 Å². The molecule has 11 heteroatoms. The Morgan fingerprint density at radius 3 is 2.87 bits per heavy atom. The van der Waals surface area contributed by atoms with Crippen molar-refractivity contribution in [1.82, 2.24) is 18.8 Å². The first kappa shape index (κ1) is 21.7. The summed E-state index contributed by atoms with van der Waals surface area (Å²) < 4.78 is 35.3. The van der Waals surface area contributed by atoms with Crippen molar-refractivity contribution in [2.24, 2.45) is 5.92 Å². The van der Waals surface area contributed by atoms with Crippen LogP contribution in [-0.2, 0) is 14.8 Å². The number of anilines is 1. The van der Waals surface area contributed by atoms with E-state index in [1.165, 1.54) is 22.0 Å². The first-order valence-electron chi connectivity index (χ1n) is 10.1. The van der Waals surface area contributed by atoms with Crippen LogP contribution in [-0.4, -0.2) is 53.4 Å². The van der Waals surface area contributed by atoms with E-state index >= 15 is 0 Å². The number of hydrogen-bond donors (Lipinski definition) is 1. The molecule has 1 aliphatic rings. The molecule has 4 rings (SSSR count). The molecule has 3 aromatic rings. The lowest BCUT2D eigenvalue weighted by molar-refractivity contribution is -0.120. The number of carbonyl (C=O) groups excluding carboxylic acids is 1. The summed E-state index contributed by atoms with van der Waals surface area (Å²) in [6, 6.07) is 5.64.